The first-order valence-electron chi connectivity index (χ1n) is 14.4. The zero-order valence-electron chi connectivity index (χ0n) is 26.1. The van der Waals surface area contributed by atoms with Crippen molar-refractivity contribution in [3.8, 4) is 17.2 Å². The number of anilines is 2. The van der Waals surface area contributed by atoms with Crippen LogP contribution in [0.2, 0.25) is 0 Å². The van der Waals surface area contributed by atoms with Crippen LogP contribution in [0.25, 0.3) is 6.08 Å². The number of rotatable bonds is 13. The van der Waals surface area contributed by atoms with Gasteiger partial charge in [0.05, 0.1) is 32.3 Å². The van der Waals surface area contributed by atoms with Crippen molar-refractivity contribution in [2.45, 2.75) is 23.5 Å². The molecule has 0 aliphatic rings. The van der Waals surface area contributed by atoms with Gasteiger partial charge in [-0.1, -0.05) is 47.1 Å². The molecule has 0 aliphatic carbocycles. The van der Waals surface area contributed by atoms with Gasteiger partial charge in [-0.3, -0.25) is 14.4 Å². The molecule has 0 fully saturated rings. The highest BCUT2D eigenvalue weighted by molar-refractivity contribution is 9.10. The molecule has 0 radical (unpaired) electrons. The predicted molar refractivity (Wildman–Crippen MR) is 186 cm³/mol. The van der Waals surface area contributed by atoms with Crippen molar-refractivity contribution in [3.63, 3.8) is 0 Å². The molecule has 0 heterocycles. The van der Waals surface area contributed by atoms with E-state index >= 15 is 0 Å². The molecule has 12 heteroatoms. The van der Waals surface area contributed by atoms with Gasteiger partial charge in [-0.15, -0.1) is 11.8 Å². The van der Waals surface area contributed by atoms with Crippen LogP contribution in [0.15, 0.2) is 100.0 Å². The number of ether oxygens (including phenoxy) is 3. The van der Waals surface area contributed by atoms with E-state index in [9.17, 15) is 18.8 Å². The zero-order valence-corrected chi connectivity index (χ0v) is 28.5. The lowest BCUT2D eigenvalue weighted by molar-refractivity contribution is -0.116. The fourth-order valence-corrected chi connectivity index (χ4v) is 5.75. The first kappa shape index (κ1) is 35.1. The molecule has 0 saturated carbocycles. The molecule has 4 aromatic rings. The van der Waals surface area contributed by atoms with E-state index < -0.39 is 22.9 Å². The maximum Gasteiger partial charge on any atom is 0.272 e. The molecule has 3 amide bonds. The standard InChI is InChI=1S/C35H33BrFN3O6S/c1-5-32(35(43)39-27-15-14-23(36)18-26(27)37)47-25-13-9-12-24(19-25)38-34(42)28(40-33(41)21-10-7-6-8-11-21)16-22-17-30(45-3)31(46-4)20-29(22)44-2/h6-20,32H,5H2,1-4H3,(H,38,42)(H,39,43)(H,40,41)/b28-16+. The van der Waals surface area contributed by atoms with Crippen LogP contribution < -0.4 is 30.2 Å². The summed E-state index contributed by atoms with van der Waals surface area (Å²) in [6.45, 7) is 1.86. The van der Waals surface area contributed by atoms with Crippen LogP contribution in [0, 0.1) is 5.82 Å². The molecule has 0 bridgehead atoms. The first-order chi connectivity index (χ1) is 22.6. The summed E-state index contributed by atoms with van der Waals surface area (Å²) in [5, 5.41) is 7.66. The van der Waals surface area contributed by atoms with Crippen LogP contribution in [0.3, 0.4) is 0 Å². The first-order valence-corrected chi connectivity index (χ1v) is 16.0. The van der Waals surface area contributed by atoms with E-state index in [1.807, 2.05) is 6.92 Å². The van der Waals surface area contributed by atoms with Gasteiger partial charge in [-0.25, -0.2) is 4.39 Å². The van der Waals surface area contributed by atoms with Crippen molar-refractivity contribution in [3.05, 3.63) is 112 Å². The van der Waals surface area contributed by atoms with Gasteiger partial charge in [0.15, 0.2) is 11.5 Å². The number of hydrogen-bond donors (Lipinski definition) is 3. The van der Waals surface area contributed by atoms with Gasteiger partial charge < -0.3 is 30.2 Å². The van der Waals surface area contributed by atoms with Crippen LogP contribution in [0.5, 0.6) is 17.2 Å². The summed E-state index contributed by atoms with van der Waals surface area (Å²) in [4.78, 5) is 40.6. The molecule has 1 atom stereocenters. The lowest BCUT2D eigenvalue weighted by Crippen LogP contribution is -2.30. The Hall–Kier alpha value is -4.81. The highest BCUT2D eigenvalue weighted by atomic mass is 79.9. The molecular formula is C35H33BrFN3O6S. The molecule has 0 saturated heterocycles. The second-order valence-electron chi connectivity index (χ2n) is 9.94. The summed E-state index contributed by atoms with van der Waals surface area (Å²) in [6.07, 6.45) is 1.95. The van der Waals surface area contributed by atoms with E-state index in [4.69, 9.17) is 14.2 Å². The number of benzene rings is 4. The third kappa shape index (κ3) is 9.36. The van der Waals surface area contributed by atoms with E-state index in [1.54, 1.807) is 72.8 Å². The molecule has 1 unspecified atom stereocenters. The number of carbonyl (C=O) groups excluding carboxylic acids is 3. The monoisotopic (exact) mass is 721 g/mol. The van der Waals surface area contributed by atoms with Crippen LogP contribution in [0.1, 0.15) is 29.3 Å². The van der Waals surface area contributed by atoms with Crippen LogP contribution in [-0.4, -0.2) is 44.3 Å². The van der Waals surface area contributed by atoms with Gasteiger partial charge in [0.2, 0.25) is 5.91 Å². The number of methoxy groups -OCH3 is 3. The van der Waals surface area contributed by atoms with Crippen molar-refractivity contribution >= 4 is 62.9 Å². The number of thioether (sulfide) groups is 1. The van der Waals surface area contributed by atoms with Gasteiger partial charge in [0.1, 0.15) is 17.3 Å². The largest absolute Gasteiger partial charge is 0.496 e. The molecule has 0 aromatic heterocycles. The lowest BCUT2D eigenvalue weighted by atomic mass is 10.1. The van der Waals surface area contributed by atoms with Crippen LogP contribution in [-0.2, 0) is 9.59 Å². The maximum absolute atomic E-state index is 14.3. The fraction of sp³-hybridized carbons (Fsp3) is 0.171. The Morgan fingerprint density at radius 2 is 1.55 bits per heavy atom. The minimum absolute atomic E-state index is 0.0650. The second-order valence-corrected chi connectivity index (χ2v) is 12.1. The molecule has 0 spiro atoms. The van der Waals surface area contributed by atoms with E-state index in [-0.39, 0.29) is 17.3 Å². The van der Waals surface area contributed by atoms with Crippen molar-refractivity contribution in [2.75, 3.05) is 32.0 Å². The topological polar surface area (TPSA) is 115 Å². The van der Waals surface area contributed by atoms with E-state index in [0.29, 0.717) is 49.9 Å². The fourth-order valence-electron chi connectivity index (χ4n) is 4.40. The van der Waals surface area contributed by atoms with Crippen molar-refractivity contribution < 1.29 is 33.0 Å². The number of amides is 3. The van der Waals surface area contributed by atoms with Crippen molar-refractivity contribution in [1.82, 2.24) is 5.32 Å². The van der Waals surface area contributed by atoms with E-state index in [0.717, 1.165) is 0 Å². The zero-order chi connectivity index (χ0) is 33.9. The molecule has 4 aromatic carbocycles. The SMILES string of the molecule is CCC(Sc1cccc(NC(=O)/C(=C\c2cc(OC)c(OC)cc2OC)NC(=O)c2ccccc2)c1)C(=O)Nc1ccc(Br)cc1F. The third-order valence-electron chi connectivity index (χ3n) is 6.79. The summed E-state index contributed by atoms with van der Waals surface area (Å²) >= 11 is 4.49. The van der Waals surface area contributed by atoms with Gasteiger partial charge >= 0.3 is 0 Å². The number of carbonyl (C=O) groups is 3. The summed E-state index contributed by atoms with van der Waals surface area (Å²) in [6, 6.07) is 23.1. The maximum atomic E-state index is 14.3. The second kappa shape index (κ2) is 16.7. The Kier molecular flexibility index (Phi) is 12.4. The molecule has 3 N–H and O–H groups in total. The highest BCUT2D eigenvalue weighted by Crippen LogP contribution is 2.36. The minimum atomic E-state index is -0.608. The average molecular weight is 723 g/mol. The summed E-state index contributed by atoms with van der Waals surface area (Å²) in [7, 11) is 4.46. The Morgan fingerprint density at radius 1 is 0.851 bits per heavy atom. The van der Waals surface area contributed by atoms with Crippen molar-refractivity contribution in [2.24, 2.45) is 0 Å². The molecular weight excluding hydrogens is 689 g/mol. The quantitative estimate of drug-likeness (QED) is 0.0966. The summed E-state index contributed by atoms with van der Waals surface area (Å²) in [5.41, 5.74) is 1.25. The molecule has 4 rings (SSSR count). The van der Waals surface area contributed by atoms with E-state index in [2.05, 4.69) is 31.9 Å². The normalized spacial score (nSPS) is 11.7. The minimum Gasteiger partial charge on any atom is -0.496 e. The summed E-state index contributed by atoms with van der Waals surface area (Å²) < 4.78 is 31.2. The molecule has 0 aliphatic heterocycles. The van der Waals surface area contributed by atoms with Crippen LogP contribution >= 0.6 is 27.7 Å². The summed E-state index contributed by atoms with van der Waals surface area (Å²) in [5.74, 6) is -0.796. The Labute approximate surface area is 285 Å². The van der Waals surface area contributed by atoms with Gasteiger partial charge in [-0.2, -0.15) is 0 Å². The van der Waals surface area contributed by atoms with Gasteiger partial charge in [0, 0.05) is 32.2 Å². The predicted octanol–water partition coefficient (Wildman–Crippen LogP) is 7.53. The number of nitrogens with one attached hydrogen (secondary N) is 3. The Balaban J connectivity index is 1.59. The lowest BCUT2D eigenvalue weighted by Gasteiger charge is -2.16. The molecule has 244 valence electrons. The number of halogens is 2. The van der Waals surface area contributed by atoms with E-state index in [1.165, 1.54) is 51.3 Å². The Morgan fingerprint density at radius 3 is 2.21 bits per heavy atom. The molecule has 47 heavy (non-hydrogen) atoms. The smallest absolute Gasteiger partial charge is 0.272 e. The molecule has 9 nitrogen and oxygen atoms in total. The van der Waals surface area contributed by atoms with Crippen LogP contribution in [0.4, 0.5) is 15.8 Å². The Bertz CT molecular complexity index is 1790. The highest BCUT2D eigenvalue weighted by Gasteiger charge is 2.21. The average Bonchev–Trinajstić information content (AvgIpc) is 3.08. The van der Waals surface area contributed by atoms with Crippen molar-refractivity contribution in [1.29, 1.82) is 0 Å². The third-order valence-corrected chi connectivity index (χ3v) is 8.64. The van der Waals surface area contributed by atoms with Gasteiger partial charge in [-0.05, 0) is 67.1 Å². The number of hydrogen-bond acceptors (Lipinski definition) is 7. The van der Waals surface area contributed by atoms with Gasteiger partial charge in [0.25, 0.3) is 11.8 Å².